The predicted octanol–water partition coefficient (Wildman–Crippen LogP) is 1.52. The molecule has 1 rings (SSSR count). The molecule has 0 aliphatic carbocycles. The van der Waals surface area contributed by atoms with Crippen LogP contribution in [-0.2, 0) is 0 Å². The van der Waals surface area contributed by atoms with Crippen molar-refractivity contribution in [3.05, 3.63) is 0 Å². The van der Waals surface area contributed by atoms with Crippen molar-refractivity contribution in [2.45, 2.75) is 32.7 Å². The minimum Gasteiger partial charge on any atom is -0.280 e. The van der Waals surface area contributed by atoms with Gasteiger partial charge in [0.2, 0.25) is 0 Å². The second-order valence-electron chi connectivity index (χ2n) is 2.88. The first kappa shape index (κ1) is 7.73. The number of hydrogen-bond donors (Lipinski definition) is 0. The predicted molar refractivity (Wildman–Crippen MR) is 44.4 cm³/mol. The lowest BCUT2D eigenvalue weighted by Crippen LogP contribution is -2.29. The fraction of sp³-hybridized carbons (Fsp3) is 0.875. The molecule has 0 saturated heterocycles. The second-order valence-corrected chi connectivity index (χ2v) is 2.88. The molecule has 0 aromatic rings. The molecule has 1 aliphatic rings. The zero-order valence-electron chi connectivity index (χ0n) is 6.88. The van der Waals surface area contributed by atoms with Gasteiger partial charge in [-0.2, -0.15) is 0 Å². The first-order valence-corrected chi connectivity index (χ1v) is 4.08. The summed E-state index contributed by atoms with van der Waals surface area (Å²) in [6.07, 6.45) is 4.62. The van der Waals surface area contributed by atoms with Crippen molar-refractivity contribution in [3.8, 4) is 0 Å². The Bertz CT molecular complexity index is 120. The quantitative estimate of drug-likeness (QED) is 0.580. The van der Waals surface area contributed by atoms with Crippen LogP contribution in [0.1, 0.15) is 26.7 Å². The number of unbranched alkanes of at least 4 members (excludes halogenated alkanes) is 1. The third-order valence-electron chi connectivity index (χ3n) is 1.96. The van der Waals surface area contributed by atoms with Crippen molar-refractivity contribution >= 4 is 6.21 Å². The SMILES string of the molecule is CCCCN1CN=CC1C. The molecule has 1 aliphatic heterocycles. The molecule has 10 heavy (non-hydrogen) atoms. The summed E-state index contributed by atoms with van der Waals surface area (Å²) < 4.78 is 0. The number of aliphatic imine (C=N–C) groups is 1. The van der Waals surface area contributed by atoms with Crippen LogP contribution in [0.5, 0.6) is 0 Å². The monoisotopic (exact) mass is 140 g/mol. The summed E-state index contributed by atoms with van der Waals surface area (Å²) in [5.41, 5.74) is 0. The fourth-order valence-electron chi connectivity index (χ4n) is 1.16. The molecule has 0 N–H and O–H groups in total. The third-order valence-corrected chi connectivity index (χ3v) is 1.96. The second kappa shape index (κ2) is 3.71. The summed E-state index contributed by atoms with van der Waals surface area (Å²) in [6, 6.07) is 0.576. The average molecular weight is 140 g/mol. The van der Waals surface area contributed by atoms with Crippen molar-refractivity contribution in [2.75, 3.05) is 13.2 Å². The third kappa shape index (κ3) is 1.81. The van der Waals surface area contributed by atoms with E-state index in [0.29, 0.717) is 6.04 Å². The Morgan fingerprint density at radius 1 is 1.70 bits per heavy atom. The van der Waals surface area contributed by atoms with Crippen LogP contribution in [0.3, 0.4) is 0 Å². The van der Waals surface area contributed by atoms with E-state index in [9.17, 15) is 0 Å². The molecule has 0 saturated carbocycles. The highest BCUT2D eigenvalue weighted by atomic mass is 15.2. The summed E-state index contributed by atoms with van der Waals surface area (Å²) in [5, 5.41) is 0. The van der Waals surface area contributed by atoms with Crippen LogP contribution < -0.4 is 0 Å². The molecule has 0 radical (unpaired) electrons. The van der Waals surface area contributed by atoms with Gasteiger partial charge in [0.15, 0.2) is 0 Å². The van der Waals surface area contributed by atoms with E-state index < -0.39 is 0 Å². The molecule has 0 fully saturated rings. The molecule has 2 nitrogen and oxygen atoms in total. The van der Waals surface area contributed by atoms with Gasteiger partial charge < -0.3 is 0 Å². The smallest absolute Gasteiger partial charge is 0.0911 e. The van der Waals surface area contributed by atoms with Crippen LogP contribution in [0.4, 0.5) is 0 Å². The van der Waals surface area contributed by atoms with Gasteiger partial charge in [0.25, 0.3) is 0 Å². The van der Waals surface area contributed by atoms with E-state index in [4.69, 9.17) is 0 Å². The fourth-order valence-corrected chi connectivity index (χ4v) is 1.16. The molecule has 1 heterocycles. The maximum absolute atomic E-state index is 4.20. The Labute approximate surface area is 62.9 Å². The summed E-state index contributed by atoms with van der Waals surface area (Å²) in [5.74, 6) is 0. The minimum absolute atomic E-state index is 0.576. The van der Waals surface area contributed by atoms with Gasteiger partial charge in [0, 0.05) is 18.8 Å². The standard InChI is InChI=1S/C8H16N2/c1-3-4-5-10-7-9-6-8(10)2/h6,8H,3-5,7H2,1-2H3. The first-order chi connectivity index (χ1) is 4.84. The molecular weight excluding hydrogens is 124 g/mol. The molecule has 0 aromatic heterocycles. The van der Waals surface area contributed by atoms with Crippen LogP contribution in [0.25, 0.3) is 0 Å². The van der Waals surface area contributed by atoms with E-state index in [0.717, 1.165) is 6.67 Å². The van der Waals surface area contributed by atoms with Crippen LogP contribution >= 0.6 is 0 Å². The van der Waals surface area contributed by atoms with Gasteiger partial charge in [0.05, 0.1) is 6.67 Å². The number of hydrogen-bond acceptors (Lipinski definition) is 2. The molecule has 2 heteroatoms. The van der Waals surface area contributed by atoms with Crippen molar-refractivity contribution in [2.24, 2.45) is 4.99 Å². The van der Waals surface area contributed by atoms with E-state index in [2.05, 4.69) is 23.7 Å². The molecule has 0 amide bonds. The molecule has 58 valence electrons. The van der Waals surface area contributed by atoms with Gasteiger partial charge >= 0.3 is 0 Å². The van der Waals surface area contributed by atoms with E-state index in [1.807, 2.05) is 6.21 Å². The molecule has 0 aromatic carbocycles. The normalized spacial score (nSPS) is 26.0. The van der Waals surface area contributed by atoms with Crippen LogP contribution in [0.15, 0.2) is 4.99 Å². The van der Waals surface area contributed by atoms with E-state index in [-0.39, 0.29) is 0 Å². The van der Waals surface area contributed by atoms with Gasteiger partial charge in [0.1, 0.15) is 0 Å². The maximum atomic E-state index is 4.20. The van der Waals surface area contributed by atoms with Crippen LogP contribution in [0, 0.1) is 0 Å². The summed E-state index contributed by atoms with van der Waals surface area (Å²) in [7, 11) is 0. The lowest BCUT2D eigenvalue weighted by Gasteiger charge is -2.18. The lowest BCUT2D eigenvalue weighted by molar-refractivity contribution is 0.280. The highest BCUT2D eigenvalue weighted by Crippen LogP contribution is 2.05. The van der Waals surface area contributed by atoms with Gasteiger partial charge in [-0.05, 0) is 13.3 Å². The summed E-state index contributed by atoms with van der Waals surface area (Å²) in [4.78, 5) is 6.59. The maximum Gasteiger partial charge on any atom is 0.0911 e. The molecule has 0 spiro atoms. The topological polar surface area (TPSA) is 15.6 Å². The lowest BCUT2D eigenvalue weighted by atomic mass is 10.3. The van der Waals surface area contributed by atoms with Gasteiger partial charge in [-0.25, -0.2) is 0 Å². The molecule has 1 unspecified atom stereocenters. The highest BCUT2D eigenvalue weighted by Gasteiger charge is 2.14. The summed E-state index contributed by atoms with van der Waals surface area (Å²) in [6.45, 7) is 6.55. The number of rotatable bonds is 3. The van der Waals surface area contributed by atoms with Crippen molar-refractivity contribution in [1.82, 2.24) is 4.90 Å². The Kier molecular flexibility index (Phi) is 2.87. The Morgan fingerprint density at radius 3 is 3.00 bits per heavy atom. The molecule has 0 bridgehead atoms. The van der Waals surface area contributed by atoms with Gasteiger partial charge in [-0.15, -0.1) is 0 Å². The van der Waals surface area contributed by atoms with Crippen molar-refractivity contribution in [3.63, 3.8) is 0 Å². The first-order valence-electron chi connectivity index (χ1n) is 4.08. The van der Waals surface area contributed by atoms with Gasteiger partial charge in [-0.1, -0.05) is 13.3 Å². The molecular formula is C8H16N2. The summed E-state index contributed by atoms with van der Waals surface area (Å²) >= 11 is 0. The Morgan fingerprint density at radius 2 is 2.50 bits per heavy atom. The van der Waals surface area contributed by atoms with Crippen molar-refractivity contribution < 1.29 is 0 Å². The highest BCUT2D eigenvalue weighted by molar-refractivity contribution is 5.65. The minimum atomic E-state index is 0.576. The van der Waals surface area contributed by atoms with Crippen molar-refractivity contribution in [1.29, 1.82) is 0 Å². The van der Waals surface area contributed by atoms with E-state index in [1.54, 1.807) is 0 Å². The largest absolute Gasteiger partial charge is 0.280 e. The Balaban J connectivity index is 2.17. The number of nitrogens with zero attached hydrogens (tertiary/aromatic N) is 2. The van der Waals surface area contributed by atoms with E-state index in [1.165, 1.54) is 19.4 Å². The Hall–Kier alpha value is -0.370. The molecule has 1 atom stereocenters. The van der Waals surface area contributed by atoms with Crippen LogP contribution in [-0.4, -0.2) is 30.4 Å². The van der Waals surface area contributed by atoms with Gasteiger partial charge in [-0.3, -0.25) is 9.89 Å². The zero-order valence-corrected chi connectivity index (χ0v) is 6.88. The van der Waals surface area contributed by atoms with Crippen LogP contribution in [0.2, 0.25) is 0 Å². The average Bonchev–Trinajstić information content (AvgIpc) is 2.31. The zero-order chi connectivity index (χ0) is 7.40. The van der Waals surface area contributed by atoms with E-state index >= 15 is 0 Å².